The fraction of sp³-hybridized carbons (Fsp3) is 0.727. The molecule has 2 heterocycles. The number of sulfonamides is 1. The second-order valence-electron chi connectivity index (χ2n) is 4.63. The molecule has 6 nitrogen and oxygen atoms in total. The van der Waals surface area contributed by atoms with Gasteiger partial charge >= 0.3 is 0 Å². The summed E-state index contributed by atoms with van der Waals surface area (Å²) in [6.45, 7) is 6.21. The molecule has 7 heteroatoms. The molecule has 0 saturated carbocycles. The summed E-state index contributed by atoms with van der Waals surface area (Å²) in [7, 11) is -3.49. The van der Waals surface area contributed by atoms with Crippen molar-refractivity contribution in [3.05, 3.63) is 12.0 Å². The maximum absolute atomic E-state index is 12.1. The molecular formula is C11H20N4O2S. The summed E-state index contributed by atoms with van der Waals surface area (Å²) in [5.41, 5.74) is 0. The van der Waals surface area contributed by atoms with Crippen LogP contribution in [0, 0.1) is 6.92 Å². The maximum Gasteiger partial charge on any atom is 0.259 e. The van der Waals surface area contributed by atoms with Gasteiger partial charge in [-0.15, -0.1) is 0 Å². The van der Waals surface area contributed by atoms with E-state index >= 15 is 0 Å². The second-order valence-corrected chi connectivity index (χ2v) is 6.29. The molecule has 0 aromatic carbocycles. The number of imidazole rings is 1. The van der Waals surface area contributed by atoms with Crippen LogP contribution in [0.1, 0.15) is 25.6 Å². The first-order valence-electron chi connectivity index (χ1n) is 6.29. The van der Waals surface area contributed by atoms with Gasteiger partial charge < -0.3 is 9.88 Å². The molecule has 1 atom stereocenters. The molecule has 0 aliphatic carbocycles. The Morgan fingerprint density at radius 1 is 1.61 bits per heavy atom. The van der Waals surface area contributed by atoms with Gasteiger partial charge in [0.15, 0.2) is 5.03 Å². The summed E-state index contributed by atoms with van der Waals surface area (Å²) in [6, 6.07) is -0.0216. The molecule has 0 amide bonds. The summed E-state index contributed by atoms with van der Waals surface area (Å²) in [4.78, 5) is 4.14. The Labute approximate surface area is 108 Å². The Bertz CT molecular complexity index is 503. The van der Waals surface area contributed by atoms with Crippen LogP contribution >= 0.6 is 0 Å². The lowest BCUT2D eigenvalue weighted by atomic mass is 10.3. The molecule has 18 heavy (non-hydrogen) atoms. The molecule has 1 aromatic heterocycles. The Morgan fingerprint density at radius 3 is 3.00 bits per heavy atom. The van der Waals surface area contributed by atoms with E-state index in [9.17, 15) is 8.42 Å². The van der Waals surface area contributed by atoms with Crippen molar-refractivity contribution in [2.75, 3.05) is 13.1 Å². The van der Waals surface area contributed by atoms with Gasteiger partial charge in [0.25, 0.3) is 10.0 Å². The Balaban J connectivity index is 2.15. The van der Waals surface area contributed by atoms with Crippen molar-refractivity contribution in [2.24, 2.45) is 0 Å². The number of aromatic nitrogens is 2. The van der Waals surface area contributed by atoms with Crippen molar-refractivity contribution in [1.29, 1.82) is 0 Å². The van der Waals surface area contributed by atoms with Crippen LogP contribution in [0.2, 0.25) is 0 Å². The third-order valence-electron chi connectivity index (χ3n) is 3.08. The SMILES string of the molecule is CCCn1cc(S(=O)(=O)N[C@H]2CCNC2)nc1C. The smallest absolute Gasteiger partial charge is 0.259 e. The van der Waals surface area contributed by atoms with E-state index in [-0.39, 0.29) is 11.1 Å². The van der Waals surface area contributed by atoms with Gasteiger partial charge in [0, 0.05) is 25.3 Å². The van der Waals surface area contributed by atoms with E-state index in [4.69, 9.17) is 0 Å². The zero-order valence-corrected chi connectivity index (χ0v) is 11.6. The molecule has 1 aliphatic heterocycles. The van der Waals surface area contributed by atoms with Crippen LogP contribution in [-0.4, -0.2) is 37.1 Å². The summed E-state index contributed by atoms with van der Waals surface area (Å²) in [6.07, 6.45) is 3.40. The monoisotopic (exact) mass is 272 g/mol. The summed E-state index contributed by atoms with van der Waals surface area (Å²) < 4.78 is 28.9. The van der Waals surface area contributed by atoms with E-state index in [1.165, 1.54) is 0 Å². The van der Waals surface area contributed by atoms with Gasteiger partial charge in [0.1, 0.15) is 5.82 Å². The van der Waals surface area contributed by atoms with E-state index in [0.29, 0.717) is 6.54 Å². The molecule has 1 aromatic rings. The summed E-state index contributed by atoms with van der Waals surface area (Å²) in [5, 5.41) is 3.26. The topological polar surface area (TPSA) is 76.0 Å². The maximum atomic E-state index is 12.1. The molecule has 0 radical (unpaired) electrons. The molecule has 2 N–H and O–H groups in total. The van der Waals surface area contributed by atoms with Crippen LogP contribution in [0.15, 0.2) is 11.2 Å². The summed E-state index contributed by atoms with van der Waals surface area (Å²) >= 11 is 0. The van der Waals surface area contributed by atoms with E-state index in [0.717, 1.165) is 31.8 Å². The van der Waals surface area contributed by atoms with Crippen LogP contribution < -0.4 is 10.0 Å². The molecule has 0 bridgehead atoms. The minimum Gasteiger partial charge on any atom is -0.334 e. The van der Waals surface area contributed by atoms with E-state index in [2.05, 4.69) is 21.9 Å². The van der Waals surface area contributed by atoms with Gasteiger partial charge in [-0.25, -0.2) is 18.1 Å². The highest BCUT2D eigenvalue weighted by atomic mass is 32.2. The van der Waals surface area contributed by atoms with Gasteiger partial charge in [-0.05, 0) is 26.3 Å². The predicted octanol–water partition coefficient (Wildman–Crippen LogP) is 0.242. The number of nitrogens with one attached hydrogen (secondary N) is 2. The van der Waals surface area contributed by atoms with E-state index in [1.54, 1.807) is 6.20 Å². The molecular weight excluding hydrogens is 252 g/mol. The Hall–Kier alpha value is -0.920. The highest BCUT2D eigenvalue weighted by Crippen LogP contribution is 2.11. The Kier molecular flexibility index (Phi) is 4.04. The first-order valence-corrected chi connectivity index (χ1v) is 7.78. The zero-order chi connectivity index (χ0) is 13.2. The average Bonchev–Trinajstić information content (AvgIpc) is 2.90. The van der Waals surface area contributed by atoms with Crippen molar-refractivity contribution >= 4 is 10.0 Å². The zero-order valence-electron chi connectivity index (χ0n) is 10.8. The van der Waals surface area contributed by atoms with Gasteiger partial charge in [-0.1, -0.05) is 6.92 Å². The molecule has 1 saturated heterocycles. The molecule has 0 spiro atoms. The van der Waals surface area contributed by atoms with Gasteiger partial charge in [0.2, 0.25) is 0 Å². The third-order valence-corrected chi connectivity index (χ3v) is 4.47. The average molecular weight is 272 g/mol. The van der Waals surface area contributed by atoms with Crippen LogP contribution in [0.4, 0.5) is 0 Å². The van der Waals surface area contributed by atoms with Crippen LogP contribution in [-0.2, 0) is 16.6 Å². The second kappa shape index (κ2) is 5.38. The van der Waals surface area contributed by atoms with Crippen LogP contribution in [0.3, 0.4) is 0 Å². The highest BCUT2D eigenvalue weighted by Gasteiger charge is 2.25. The highest BCUT2D eigenvalue weighted by molar-refractivity contribution is 7.89. The lowest BCUT2D eigenvalue weighted by Crippen LogP contribution is -2.36. The van der Waals surface area contributed by atoms with Crippen LogP contribution in [0.25, 0.3) is 0 Å². The predicted molar refractivity (Wildman–Crippen MR) is 68.9 cm³/mol. The molecule has 2 rings (SSSR count). The van der Waals surface area contributed by atoms with Crippen molar-refractivity contribution in [3.63, 3.8) is 0 Å². The molecule has 1 aliphatic rings. The lowest BCUT2D eigenvalue weighted by Gasteiger charge is -2.09. The summed E-state index contributed by atoms with van der Waals surface area (Å²) in [5.74, 6) is 0.738. The van der Waals surface area contributed by atoms with E-state index < -0.39 is 10.0 Å². The first-order chi connectivity index (χ1) is 8.53. The first kappa shape index (κ1) is 13.5. The molecule has 1 fully saturated rings. The lowest BCUT2D eigenvalue weighted by molar-refractivity contribution is 0.556. The van der Waals surface area contributed by atoms with Crippen molar-refractivity contribution < 1.29 is 8.42 Å². The number of aryl methyl sites for hydroxylation is 2. The number of nitrogens with zero attached hydrogens (tertiary/aromatic N) is 2. The number of hydrogen-bond acceptors (Lipinski definition) is 4. The third kappa shape index (κ3) is 2.90. The fourth-order valence-electron chi connectivity index (χ4n) is 2.11. The molecule has 102 valence electrons. The van der Waals surface area contributed by atoms with Gasteiger partial charge in [0.05, 0.1) is 0 Å². The van der Waals surface area contributed by atoms with Crippen molar-refractivity contribution in [2.45, 2.75) is 44.3 Å². The number of hydrogen-bond donors (Lipinski definition) is 2. The van der Waals surface area contributed by atoms with E-state index in [1.807, 2.05) is 11.5 Å². The fourth-order valence-corrected chi connectivity index (χ4v) is 3.39. The Morgan fingerprint density at radius 2 is 2.39 bits per heavy atom. The van der Waals surface area contributed by atoms with Gasteiger partial charge in [-0.2, -0.15) is 0 Å². The molecule has 0 unspecified atom stereocenters. The quantitative estimate of drug-likeness (QED) is 0.805. The normalized spacial score (nSPS) is 20.4. The van der Waals surface area contributed by atoms with Crippen LogP contribution in [0.5, 0.6) is 0 Å². The van der Waals surface area contributed by atoms with Crippen molar-refractivity contribution in [3.8, 4) is 0 Å². The number of rotatable bonds is 5. The van der Waals surface area contributed by atoms with Crippen molar-refractivity contribution in [1.82, 2.24) is 19.6 Å². The minimum absolute atomic E-state index is 0.0216. The minimum atomic E-state index is -3.49. The van der Waals surface area contributed by atoms with Gasteiger partial charge in [-0.3, -0.25) is 0 Å². The standard InChI is InChI=1S/C11H20N4O2S/c1-3-6-15-8-11(13-9(15)2)18(16,17)14-10-4-5-12-7-10/h8,10,12,14H,3-7H2,1-2H3/t10-/m0/s1. The largest absolute Gasteiger partial charge is 0.334 e.